The van der Waals surface area contributed by atoms with E-state index >= 15 is 0 Å². The Hall–Kier alpha value is -5.40. The molecule has 2 aromatic rings. The molecule has 0 atom stereocenters. The van der Waals surface area contributed by atoms with Gasteiger partial charge in [-0.05, 0) is 24.3 Å². The minimum Gasteiger partial charge on any atom is -0.468 e. The molecule has 0 saturated heterocycles. The molecule has 198 valence electrons. The molecular weight excluding hydrogens is 504 g/mol. The summed E-state index contributed by atoms with van der Waals surface area (Å²) in [6.07, 6.45) is 0. The maximum Gasteiger partial charge on any atom is 0.325 e. The number of rotatable bonds is 10. The Morgan fingerprint density at radius 1 is 0.553 bits per heavy atom. The number of ketones is 2. The molecule has 0 radical (unpaired) electrons. The van der Waals surface area contributed by atoms with Crippen molar-refractivity contribution < 1.29 is 47.8 Å². The number of carbonyl (C=O) groups is 8. The van der Waals surface area contributed by atoms with Gasteiger partial charge in [0.15, 0.2) is 0 Å². The number of methoxy groups -OCH3 is 2. The van der Waals surface area contributed by atoms with Crippen molar-refractivity contribution in [1.82, 2.24) is 10.6 Å². The molecular formula is C24H22N4O10. The number of esters is 2. The molecule has 0 aliphatic carbocycles. The van der Waals surface area contributed by atoms with Crippen LogP contribution in [0.1, 0.15) is 20.7 Å². The largest absolute Gasteiger partial charge is 0.468 e. The van der Waals surface area contributed by atoms with Crippen LogP contribution < -0.4 is 21.3 Å². The maximum absolute atomic E-state index is 12.5. The lowest BCUT2D eigenvalue weighted by Crippen LogP contribution is -2.36. The number of carbonyl (C=O) groups excluding carboxylic acids is 8. The van der Waals surface area contributed by atoms with Gasteiger partial charge in [0.2, 0.25) is 0 Å². The van der Waals surface area contributed by atoms with Gasteiger partial charge in [0, 0.05) is 0 Å². The smallest absolute Gasteiger partial charge is 0.325 e. The number of benzene rings is 2. The molecule has 4 amide bonds. The quantitative estimate of drug-likeness (QED) is 0.172. The van der Waals surface area contributed by atoms with Crippen LogP contribution in [0.15, 0.2) is 48.5 Å². The van der Waals surface area contributed by atoms with Crippen molar-refractivity contribution in [2.45, 2.75) is 0 Å². The molecule has 0 aromatic heterocycles. The number of nitrogens with one attached hydrogen (secondary N) is 4. The van der Waals surface area contributed by atoms with Gasteiger partial charge >= 0.3 is 23.8 Å². The second-order valence-electron chi connectivity index (χ2n) is 7.18. The third-order valence-electron chi connectivity index (χ3n) is 4.70. The van der Waals surface area contributed by atoms with E-state index in [0.29, 0.717) is 0 Å². The zero-order valence-electron chi connectivity index (χ0n) is 20.1. The predicted octanol–water partition coefficient (Wildman–Crippen LogP) is -0.792. The zero-order chi connectivity index (χ0) is 28.2. The Balaban J connectivity index is 2.13. The molecule has 14 nitrogen and oxygen atoms in total. The number of ether oxygens (including phenoxy) is 2. The molecule has 0 fully saturated rings. The monoisotopic (exact) mass is 526 g/mol. The van der Waals surface area contributed by atoms with Crippen molar-refractivity contribution in [2.24, 2.45) is 0 Å². The summed E-state index contributed by atoms with van der Waals surface area (Å²) in [5, 5.41) is 8.52. The lowest BCUT2D eigenvalue weighted by Gasteiger charge is -2.12. The highest BCUT2D eigenvalue weighted by Crippen LogP contribution is 2.18. The van der Waals surface area contributed by atoms with Crippen LogP contribution in [-0.4, -0.2) is 74.4 Å². The fourth-order valence-corrected chi connectivity index (χ4v) is 2.79. The van der Waals surface area contributed by atoms with Gasteiger partial charge in [-0.3, -0.25) is 38.4 Å². The molecule has 0 saturated carbocycles. The fourth-order valence-electron chi connectivity index (χ4n) is 2.79. The van der Waals surface area contributed by atoms with E-state index in [4.69, 9.17) is 0 Å². The Kier molecular flexibility index (Phi) is 10.3. The number of hydrogen-bond donors (Lipinski definition) is 4. The van der Waals surface area contributed by atoms with Crippen LogP contribution in [0, 0.1) is 0 Å². The van der Waals surface area contributed by atoms with Gasteiger partial charge in [0.05, 0.1) is 36.7 Å². The van der Waals surface area contributed by atoms with Crippen molar-refractivity contribution in [3.63, 3.8) is 0 Å². The number of amides is 4. The first kappa shape index (κ1) is 28.8. The highest BCUT2D eigenvalue weighted by molar-refractivity contribution is 6.48. The van der Waals surface area contributed by atoms with Crippen LogP contribution >= 0.6 is 0 Å². The number of para-hydroxylation sites is 2. The van der Waals surface area contributed by atoms with Gasteiger partial charge in [-0.2, -0.15) is 0 Å². The van der Waals surface area contributed by atoms with E-state index in [-0.39, 0.29) is 22.5 Å². The van der Waals surface area contributed by atoms with Gasteiger partial charge < -0.3 is 30.7 Å². The molecule has 0 unspecified atom stereocenters. The van der Waals surface area contributed by atoms with E-state index in [1.54, 1.807) is 0 Å². The molecule has 0 spiro atoms. The van der Waals surface area contributed by atoms with Crippen molar-refractivity contribution in [3.8, 4) is 0 Å². The average molecular weight is 526 g/mol. The minimum atomic E-state index is -1.27. The van der Waals surface area contributed by atoms with E-state index in [2.05, 4.69) is 30.7 Å². The van der Waals surface area contributed by atoms with Crippen LogP contribution in [0.4, 0.5) is 11.4 Å². The van der Waals surface area contributed by atoms with Gasteiger partial charge in [-0.25, -0.2) is 0 Å². The third kappa shape index (κ3) is 7.81. The fraction of sp³-hybridized carbons (Fsp3) is 0.167. The second kappa shape index (κ2) is 13.6. The molecule has 38 heavy (non-hydrogen) atoms. The highest BCUT2D eigenvalue weighted by atomic mass is 16.5. The summed E-state index contributed by atoms with van der Waals surface area (Å²) in [7, 11) is 2.20. The normalized spacial score (nSPS) is 9.84. The Labute approximate surface area is 215 Å². The third-order valence-corrected chi connectivity index (χ3v) is 4.70. The number of Topliss-reactive ketones (excluding diaryl/α,β-unsaturated/α-hetero) is 2. The van der Waals surface area contributed by atoms with Gasteiger partial charge in [0.25, 0.3) is 23.4 Å². The van der Waals surface area contributed by atoms with E-state index in [0.717, 1.165) is 14.2 Å². The van der Waals surface area contributed by atoms with Crippen molar-refractivity contribution in [1.29, 1.82) is 0 Å². The Morgan fingerprint density at radius 3 is 1.24 bits per heavy atom. The van der Waals surface area contributed by atoms with E-state index in [9.17, 15) is 38.4 Å². The molecule has 2 rings (SSSR count). The summed E-state index contributed by atoms with van der Waals surface area (Å²) in [5.41, 5.74) is -0.905. The van der Waals surface area contributed by atoms with Crippen LogP contribution in [0.5, 0.6) is 0 Å². The van der Waals surface area contributed by atoms with Gasteiger partial charge in [0.1, 0.15) is 13.1 Å². The molecule has 0 aliphatic rings. The van der Waals surface area contributed by atoms with E-state index < -0.39 is 60.2 Å². The van der Waals surface area contributed by atoms with Gasteiger partial charge in [-0.1, -0.05) is 24.3 Å². The zero-order valence-corrected chi connectivity index (χ0v) is 20.1. The molecule has 4 N–H and O–H groups in total. The standard InChI is InChI=1S/C24H22N4O10/c1-37-17(29)11-25-21(33)19(31)13-7-3-5-9-15(13)27-23(35)24(36)28-16-10-6-4-8-14(16)20(32)22(34)26-12-18(30)38-2/h3-10H,11-12H2,1-2H3,(H,25,33)(H,26,34)(H,27,35)(H,28,36). The SMILES string of the molecule is COC(=O)CNC(=O)C(=O)c1ccccc1NC(=O)C(=O)Nc1ccccc1C(=O)C(=O)NCC(=O)OC. The summed E-state index contributed by atoms with van der Waals surface area (Å²) >= 11 is 0. The predicted molar refractivity (Wildman–Crippen MR) is 129 cm³/mol. The first-order chi connectivity index (χ1) is 18.1. The lowest BCUT2D eigenvalue weighted by molar-refractivity contribution is -0.141. The Morgan fingerprint density at radius 2 is 0.895 bits per heavy atom. The summed E-state index contributed by atoms with van der Waals surface area (Å²) in [6.45, 7) is -1.12. The van der Waals surface area contributed by atoms with Crippen molar-refractivity contribution in [2.75, 3.05) is 37.9 Å². The second-order valence-corrected chi connectivity index (χ2v) is 7.18. The van der Waals surface area contributed by atoms with Crippen molar-refractivity contribution >= 4 is 58.5 Å². The van der Waals surface area contributed by atoms with Crippen LogP contribution in [-0.2, 0) is 38.2 Å². The first-order valence-corrected chi connectivity index (χ1v) is 10.7. The van der Waals surface area contributed by atoms with Gasteiger partial charge in [-0.15, -0.1) is 0 Å². The molecule has 0 bridgehead atoms. The maximum atomic E-state index is 12.5. The average Bonchev–Trinajstić information content (AvgIpc) is 2.93. The molecule has 0 aliphatic heterocycles. The van der Waals surface area contributed by atoms with E-state index in [1.807, 2.05) is 0 Å². The topological polar surface area (TPSA) is 203 Å². The number of hydrogen-bond acceptors (Lipinski definition) is 10. The number of anilines is 2. The molecule has 14 heteroatoms. The van der Waals surface area contributed by atoms with Crippen LogP contribution in [0.25, 0.3) is 0 Å². The van der Waals surface area contributed by atoms with Crippen LogP contribution in [0.3, 0.4) is 0 Å². The summed E-state index contributed by atoms with van der Waals surface area (Å²) in [6, 6.07) is 10.6. The first-order valence-electron chi connectivity index (χ1n) is 10.7. The molecule has 0 heterocycles. The summed E-state index contributed by atoms with van der Waals surface area (Å²) < 4.78 is 8.74. The van der Waals surface area contributed by atoms with Crippen molar-refractivity contribution in [3.05, 3.63) is 59.7 Å². The highest BCUT2D eigenvalue weighted by Gasteiger charge is 2.25. The Bertz CT molecular complexity index is 1210. The van der Waals surface area contributed by atoms with E-state index in [1.165, 1.54) is 48.5 Å². The summed E-state index contributed by atoms with van der Waals surface area (Å²) in [5.74, 6) is -8.61. The summed E-state index contributed by atoms with van der Waals surface area (Å²) in [4.78, 5) is 96.6. The minimum absolute atomic E-state index is 0.183. The van der Waals surface area contributed by atoms with Crippen LogP contribution in [0.2, 0.25) is 0 Å². The molecule has 2 aromatic carbocycles. The lowest BCUT2D eigenvalue weighted by atomic mass is 10.1.